The molecule has 0 aliphatic carbocycles. The molecule has 1 nitrogen and oxygen atoms in total. The van der Waals surface area contributed by atoms with Gasteiger partial charge in [0.05, 0.1) is 0 Å². The third-order valence-corrected chi connectivity index (χ3v) is 2.82. The monoisotopic (exact) mass is 243 g/mol. The maximum absolute atomic E-state index is 2.51. The third-order valence-electron chi connectivity index (χ3n) is 2.82. The molecular formula is C16H37N. The quantitative estimate of drug-likeness (QED) is 0.644. The van der Waals surface area contributed by atoms with Gasteiger partial charge in [-0.25, -0.2) is 0 Å². The first-order chi connectivity index (χ1) is 7.92. The Hall–Kier alpha value is -0.0400. The van der Waals surface area contributed by atoms with Crippen LogP contribution < -0.4 is 0 Å². The van der Waals surface area contributed by atoms with Gasteiger partial charge in [0.2, 0.25) is 0 Å². The van der Waals surface area contributed by atoms with Crippen LogP contribution in [0.5, 0.6) is 0 Å². The molecule has 0 spiro atoms. The van der Waals surface area contributed by atoms with Crippen LogP contribution in [0.1, 0.15) is 74.1 Å². The lowest BCUT2D eigenvalue weighted by Crippen LogP contribution is -2.23. The van der Waals surface area contributed by atoms with Crippen LogP contribution in [0.25, 0.3) is 0 Å². The molecule has 17 heavy (non-hydrogen) atoms. The zero-order valence-electron chi connectivity index (χ0n) is 13.7. The Morgan fingerprint density at radius 3 is 1.59 bits per heavy atom. The van der Waals surface area contributed by atoms with E-state index in [-0.39, 0.29) is 0 Å². The number of hydrogen-bond acceptors (Lipinski definition) is 1. The van der Waals surface area contributed by atoms with E-state index in [1.165, 1.54) is 32.2 Å². The van der Waals surface area contributed by atoms with Crippen LogP contribution >= 0.6 is 0 Å². The van der Waals surface area contributed by atoms with Gasteiger partial charge in [0.15, 0.2) is 0 Å². The Balaban J connectivity index is 0. The van der Waals surface area contributed by atoms with Crippen molar-refractivity contribution in [3.05, 3.63) is 0 Å². The summed E-state index contributed by atoms with van der Waals surface area (Å²) in [6, 6.07) is 0.880. The summed E-state index contributed by atoms with van der Waals surface area (Å²) in [5.41, 5.74) is 0. The molecule has 0 amide bonds. The van der Waals surface area contributed by atoms with E-state index in [4.69, 9.17) is 0 Å². The number of rotatable bonds is 2. The summed E-state index contributed by atoms with van der Waals surface area (Å²) in [6.07, 6.45) is 5.37. The first-order valence-electron chi connectivity index (χ1n) is 7.62. The molecule has 0 radical (unpaired) electrons. The van der Waals surface area contributed by atoms with Crippen molar-refractivity contribution in [2.24, 2.45) is 11.8 Å². The second kappa shape index (κ2) is 12.4. The Labute approximate surface area is 111 Å². The summed E-state index contributed by atoms with van der Waals surface area (Å²) in [5, 5.41) is 0. The van der Waals surface area contributed by atoms with Crippen molar-refractivity contribution in [1.29, 1.82) is 0 Å². The predicted molar refractivity (Wildman–Crippen MR) is 81.6 cm³/mol. The van der Waals surface area contributed by atoms with Crippen molar-refractivity contribution in [1.82, 2.24) is 4.90 Å². The van der Waals surface area contributed by atoms with Crippen LogP contribution in [-0.2, 0) is 0 Å². The molecule has 0 bridgehead atoms. The molecule has 2 unspecified atom stereocenters. The number of nitrogens with zero attached hydrogens (tertiary/aromatic N) is 1. The molecule has 1 rings (SSSR count). The maximum Gasteiger partial charge on any atom is 0.00928 e. The van der Waals surface area contributed by atoms with Gasteiger partial charge < -0.3 is 4.90 Å². The highest BCUT2D eigenvalue weighted by molar-refractivity contribution is 4.80. The Kier molecular flexibility index (Phi) is 14.1. The molecule has 0 aromatic rings. The second-order valence-electron chi connectivity index (χ2n) is 5.95. The average molecular weight is 243 g/mol. The molecule has 1 fully saturated rings. The van der Waals surface area contributed by atoms with Crippen molar-refractivity contribution in [2.75, 3.05) is 13.6 Å². The lowest BCUT2D eigenvalue weighted by molar-refractivity contribution is 0.301. The number of hydrogen-bond donors (Lipinski definition) is 0. The molecule has 1 saturated heterocycles. The minimum absolute atomic E-state index is 0.833. The Morgan fingerprint density at radius 1 is 1.00 bits per heavy atom. The van der Waals surface area contributed by atoms with E-state index < -0.39 is 0 Å². The van der Waals surface area contributed by atoms with Crippen LogP contribution in [0.3, 0.4) is 0 Å². The van der Waals surface area contributed by atoms with Gasteiger partial charge >= 0.3 is 0 Å². The zero-order valence-corrected chi connectivity index (χ0v) is 13.7. The molecule has 1 heteroatoms. The normalized spacial score (nSPS) is 23.8. The van der Waals surface area contributed by atoms with Gasteiger partial charge in [-0.3, -0.25) is 0 Å². The van der Waals surface area contributed by atoms with Crippen LogP contribution in [0.4, 0.5) is 0 Å². The van der Waals surface area contributed by atoms with Crippen molar-refractivity contribution < 1.29 is 0 Å². The van der Waals surface area contributed by atoms with Crippen LogP contribution in [0.15, 0.2) is 0 Å². The van der Waals surface area contributed by atoms with Gasteiger partial charge in [-0.15, -0.1) is 0 Å². The summed E-state index contributed by atoms with van der Waals surface area (Å²) in [7, 11) is 2.25. The third kappa shape index (κ3) is 12.2. The molecular weight excluding hydrogens is 206 g/mol. The lowest BCUT2D eigenvalue weighted by Gasteiger charge is -2.16. The molecule has 0 aromatic carbocycles. The van der Waals surface area contributed by atoms with E-state index in [1.54, 1.807) is 0 Å². The molecule has 0 aromatic heterocycles. The molecule has 0 saturated carbocycles. The Bertz CT molecular complexity index is 140. The summed E-state index contributed by atoms with van der Waals surface area (Å²) in [6.45, 7) is 16.7. The van der Waals surface area contributed by atoms with Crippen LogP contribution in [-0.4, -0.2) is 24.5 Å². The SMILES string of the molecule is CC(C)C.CCC.CCC1CC(CC)N(C)C1. The van der Waals surface area contributed by atoms with E-state index in [2.05, 4.69) is 60.4 Å². The van der Waals surface area contributed by atoms with Crippen molar-refractivity contribution in [2.45, 2.75) is 80.2 Å². The maximum atomic E-state index is 2.51. The molecule has 1 heterocycles. The predicted octanol–water partition coefficient (Wildman–Crippen LogP) is 5.21. The van der Waals surface area contributed by atoms with Crippen LogP contribution in [0.2, 0.25) is 0 Å². The standard InChI is InChI=1S/C9H19N.C4H10.C3H8/c1-4-8-6-9(5-2)10(3)7-8;1-4(2)3;1-3-2/h8-9H,4-7H2,1-3H3;4H,1-3H3;3H2,1-2H3. The average Bonchev–Trinajstić information content (AvgIpc) is 2.59. The Morgan fingerprint density at radius 2 is 1.41 bits per heavy atom. The fraction of sp³-hybridized carbons (Fsp3) is 1.00. The topological polar surface area (TPSA) is 3.24 Å². The highest BCUT2D eigenvalue weighted by Crippen LogP contribution is 2.25. The second-order valence-corrected chi connectivity index (χ2v) is 5.95. The summed E-state index contributed by atoms with van der Waals surface area (Å²) in [5.74, 6) is 1.81. The van der Waals surface area contributed by atoms with E-state index in [9.17, 15) is 0 Å². The first-order valence-corrected chi connectivity index (χ1v) is 7.62. The van der Waals surface area contributed by atoms with E-state index in [1.807, 2.05) is 0 Å². The largest absolute Gasteiger partial charge is 0.303 e. The minimum atomic E-state index is 0.833. The first kappa shape index (κ1) is 19.3. The molecule has 1 aliphatic rings. The fourth-order valence-corrected chi connectivity index (χ4v) is 1.97. The lowest BCUT2D eigenvalue weighted by atomic mass is 10.0. The molecule has 106 valence electrons. The van der Waals surface area contributed by atoms with E-state index in [0.29, 0.717) is 0 Å². The summed E-state index contributed by atoms with van der Waals surface area (Å²) < 4.78 is 0. The molecule has 0 N–H and O–H groups in total. The van der Waals surface area contributed by atoms with E-state index >= 15 is 0 Å². The minimum Gasteiger partial charge on any atom is -0.303 e. The van der Waals surface area contributed by atoms with Crippen molar-refractivity contribution >= 4 is 0 Å². The van der Waals surface area contributed by atoms with Gasteiger partial charge in [-0.05, 0) is 31.7 Å². The van der Waals surface area contributed by atoms with Gasteiger partial charge in [0.1, 0.15) is 0 Å². The van der Waals surface area contributed by atoms with Gasteiger partial charge in [-0.1, -0.05) is 61.3 Å². The van der Waals surface area contributed by atoms with Gasteiger partial charge in [-0.2, -0.15) is 0 Å². The van der Waals surface area contributed by atoms with Gasteiger partial charge in [0, 0.05) is 12.6 Å². The van der Waals surface area contributed by atoms with E-state index in [0.717, 1.165) is 17.9 Å². The summed E-state index contributed by atoms with van der Waals surface area (Å²) in [4.78, 5) is 2.51. The number of likely N-dealkylation sites (tertiary alicyclic amines) is 1. The fourth-order valence-electron chi connectivity index (χ4n) is 1.97. The van der Waals surface area contributed by atoms with Gasteiger partial charge in [0.25, 0.3) is 0 Å². The summed E-state index contributed by atoms with van der Waals surface area (Å²) >= 11 is 0. The zero-order chi connectivity index (χ0) is 13.8. The molecule has 1 aliphatic heterocycles. The van der Waals surface area contributed by atoms with Crippen LogP contribution in [0, 0.1) is 11.8 Å². The highest BCUT2D eigenvalue weighted by Gasteiger charge is 2.26. The van der Waals surface area contributed by atoms with Crippen molar-refractivity contribution in [3.63, 3.8) is 0 Å². The smallest absolute Gasteiger partial charge is 0.00928 e. The van der Waals surface area contributed by atoms with Crippen molar-refractivity contribution in [3.8, 4) is 0 Å². The molecule has 2 atom stereocenters. The highest BCUT2D eigenvalue weighted by atomic mass is 15.1.